The van der Waals surface area contributed by atoms with Crippen molar-refractivity contribution in [2.24, 2.45) is 0 Å². The molecule has 2 aromatic carbocycles. The standard InChI is InChI=1S/C27H31FN6O5S/c1-17-13-18(2)24(19(3)14-17)40(38,39)32-22(26(36)37)16-31-25(35)20-5-6-23(21(28)15-20)33-9-11-34(12-10-33)27-29-7-4-8-30-27/h4-8,13-15,22,32H,9-12,16H2,1-3H3,(H,31,35)(H,36,37). The summed E-state index contributed by atoms with van der Waals surface area (Å²) in [5.74, 6) is -2.18. The smallest absolute Gasteiger partial charge is 0.323 e. The number of hydrogen-bond acceptors (Lipinski definition) is 8. The predicted octanol–water partition coefficient (Wildman–Crippen LogP) is 2.03. The van der Waals surface area contributed by atoms with E-state index in [9.17, 15) is 23.1 Å². The van der Waals surface area contributed by atoms with E-state index in [0.717, 1.165) is 11.6 Å². The van der Waals surface area contributed by atoms with Crippen LogP contribution in [-0.4, -0.2) is 74.1 Å². The van der Waals surface area contributed by atoms with E-state index in [2.05, 4.69) is 20.0 Å². The number of anilines is 2. The second kappa shape index (κ2) is 12.0. The highest BCUT2D eigenvalue weighted by molar-refractivity contribution is 7.89. The Kier molecular flexibility index (Phi) is 8.64. The number of nitrogens with zero attached hydrogens (tertiary/aromatic N) is 4. The molecule has 13 heteroatoms. The van der Waals surface area contributed by atoms with Crippen LogP contribution in [0, 0.1) is 26.6 Å². The largest absolute Gasteiger partial charge is 0.480 e. The predicted molar refractivity (Wildman–Crippen MR) is 148 cm³/mol. The molecule has 0 radical (unpaired) electrons. The lowest BCUT2D eigenvalue weighted by Gasteiger charge is -2.36. The summed E-state index contributed by atoms with van der Waals surface area (Å²) in [7, 11) is -4.20. The molecule has 0 bridgehead atoms. The van der Waals surface area contributed by atoms with Gasteiger partial charge >= 0.3 is 5.97 Å². The van der Waals surface area contributed by atoms with Crippen LogP contribution in [0.15, 0.2) is 53.7 Å². The van der Waals surface area contributed by atoms with Gasteiger partial charge in [0.2, 0.25) is 16.0 Å². The van der Waals surface area contributed by atoms with Crippen LogP contribution in [0.3, 0.4) is 0 Å². The molecule has 0 aliphatic carbocycles. The van der Waals surface area contributed by atoms with Gasteiger partial charge in [-0.2, -0.15) is 4.72 Å². The molecule has 3 aromatic rings. The van der Waals surface area contributed by atoms with Gasteiger partial charge in [-0.05, 0) is 56.2 Å². The number of rotatable bonds is 9. The lowest BCUT2D eigenvalue weighted by molar-refractivity contribution is -0.138. The Balaban J connectivity index is 1.39. The molecule has 1 atom stereocenters. The number of carbonyl (C=O) groups is 2. The molecule has 2 heterocycles. The monoisotopic (exact) mass is 570 g/mol. The second-order valence-corrected chi connectivity index (χ2v) is 11.3. The maximum atomic E-state index is 15.0. The number of nitrogens with one attached hydrogen (secondary N) is 2. The summed E-state index contributed by atoms with van der Waals surface area (Å²) in [6.07, 6.45) is 3.33. The van der Waals surface area contributed by atoms with Crippen LogP contribution >= 0.6 is 0 Å². The molecular weight excluding hydrogens is 539 g/mol. The molecule has 40 heavy (non-hydrogen) atoms. The van der Waals surface area contributed by atoms with Crippen molar-refractivity contribution in [1.82, 2.24) is 20.0 Å². The zero-order chi connectivity index (χ0) is 29.0. The number of benzene rings is 2. The summed E-state index contributed by atoms with van der Waals surface area (Å²) >= 11 is 0. The number of carboxylic acids is 1. The number of carbonyl (C=O) groups excluding carboxylic acids is 1. The minimum atomic E-state index is -4.20. The summed E-state index contributed by atoms with van der Waals surface area (Å²) < 4.78 is 43.2. The van der Waals surface area contributed by atoms with Gasteiger partial charge < -0.3 is 20.2 Å². The molecule has 1 aliphatic heterocycles. The van der Waals surface area contributed by atoms with Gasteiger partial charge in [-0.15, -0.1) is 0 Å². The molecule has 11 nitrogen and oxygen atoms in total. The number of halogens is 1. The van der Waals surface area contributed by atoms with Crippen molar-refractivity contribution in [3.05, 3.63) is 76.9 Å². The molecule has 1 amide bonds. The topological polar surface area (TPSA) is 145 Å². The van der Waals surface area contributed by atoms with Crippen LogP contribution in [0.5, 0.6) is 0 Å². The van der Waals surface area contributed by atoms with Crippen molar-refractivity contribution in [3.8, 4) is 0 Å². The summed E-state index contributed by atoms with van der Waals surface area (Å²) in [6, 6.07) is 7.50. The van der Waals surface area contributed by atoms with Gasteiger partial charge in [0.1, 0.15) is 11.9 Å². The maximum absolute atomic E-state index is 15.0. The van der Waals surface area contributed by atoms with Gasteiger partial charge in [0.15, 0.2) is 0 Å². The summed E-state index contributed by atoms with van der Waals surface area (Å²) in [5, 5.41) is 12.0. The Bertz CT molecular complexity index is 1490. The third-order valence-electron chi connectivity index (χ3n) is 6.60. The van der Waals surface area contributed by atoms with Gasteiger partial charge in [0, 0.05) is 50.7 Å². The molecule has 1 aliphatic rings. The van der Waals surface area contributed by atoms with Crippen LogP contribution in [0.2, 0.25) is 0 Å². The van der Waals surface area contributed by atoms with Crippen molar-refractivity contribution in [2.75, 3.05) is 42.5 Å². The number of amides is 1. The van der Waals surface area contributed by atoms with Crippen LogP contribution in [-0.2, 0) is 14.8 Å². The Morgan fingerprint density at radius 3 is 2.17 bits per heavy atom. The van der Waals surface area contributed by atoms with E-state index < -0.39 is 40.3 Å². The van der Waals surface area contributed by atoms with Crippen LogP contribution in [0.1, 0.15) is 27.0 Å². The Labute approximate surface area is 232 Å². The van der Waals surface area contributed by atoms with Gasteiger partial charge in [-0.25, -0.2) is 22.8 Å². The molecule has 4 rings (SSSR count). The van der Waals surface area contributed by atoms with Crippen molar-refractivity contribution in [3.63, 3.8) is 0 Å². The van der Waals surface area contributed by atoms with Crippen LogP contribution < -0.4 is 19.8 Å². The quantitative estimate of drug-likeness (QED) is 0.352. The first kappa shape index (κ1) is 28.9. The lowest BCUT2D eigenvalue weighted by Crippen LogP contribution is -2.48. The van der Waals surface area contributed by atoms with E-state index in [-0.39, 0.29) is 10.5 Å². The van der Waals surface area contributed by atoms with E-state index in [1.807, 2.05) is 16.7 Å². The molecule has 1 aromatic heterocycles. The van der Waals surface area contributed by atoms with E-state index in [1.54, 1.807) is 44.4 Å². The van der Waals surface area contributed by atoms with Gasteiger partial charge in [0.25, 0.3) is 5.91 Å². The van der Waals surface area contributed by atoms with Gasteiger partial charge in [-0.1, -0.05) is 17.7 Å². The molecule has 0 spiro atoms. The minimum Gasteiger partial charge on any atom is -0.480 e. The first-order chi connectivity index (χ1) is 19.0. The third-order valence-corrected chi connectivity index (χ3v) is 8.38. The Hall–Kier alpha value is -4.10. The molecule has 1 fully saturated rings. The van der Waals surface area contributed by atoms with Crippen molar-refractivity contribution >= 4 is 33.5 Å². The second-order valence-electron chi connectivity index (χ2n) is 9.64. The van der Waals surface area contributed by atoms with Crippen molar-refractivity contribution in [2.45, 2.75) is 31.7 Å². The summed E-state index contributed by atoms with van der Waals surface area (Å²) in [5.41, 5.74) is 2.14. The molecule has 3 N–H and O–H groups in total. The highest BCUT2D eigenvalue weighted by Crippen LogP contribution is 2.24. The molecule has 1 saturated heterocycles. The fourth-order valence-corrected chi connectivity index (χ4v) is 6.46. The fourth-order valence-electron chi connectivity index (χ4n) is 4.82. The average molecular weight is 571 g/mol. The van der Waals surface area contributed by atoms with E-state index >= 15 is 4.39 Å². The summed E-state index contributed by atoms with van der Waals surface area (Å²) in [6.45, 7) is 6.80. The minimum absolute atomic E-state index is 0.00883. The number of sulfonamides is 1. The maximum Gasteiger partial charge on any atom is 0.323 e. The first-order valence-electron chi connectivity index (χ1n) is 12.6. The Morgan fingerprint density at radius 1 is 1.00 bits per heavy atom. The number of aromatic nitrogens is 2. The number of aryl methyl sites for hydroxylation is 3. The lowest BCUT2D eigenvalue weighted by atomic mass is 10.1. The number of hydrogen-bond donors (Lipinski definition) is 3. The first-order valence-corrected chi connectivity index (χ1v) is 14.1. The molecular formula is C27H31FN6O5S. The normalized spacial score (nSPS) is 14.6. The Morgan fingerprint density at radius 2 is 1.60 bits per heavy atom. The van der Waals surface area contributed by atoms with Crippen LogP contribution in [0.4, 0.5) is 16.0 Å². The SMILES string of the molecule is Cc1cc(C)c(S(=O)(=O)NC(CNC(=O)c2ccc(N3CCN(c4ncccn4)CC3)c(F)c2)C(=O)O)c(C)c1. The zero-order valence-corrected chi connectivity index (χ0v) is 23.2. The number of piperazine rings is 1. The average Bonchev–Trinajstić information content (AvgIpc) is 2.90. The van der Waals surface area contributed by atoms with Gasteiger partial charge in [0.05, 0.1) is 10.6 Å². The number of carboxylic acid groups (broad SMARTS) is 1. The van der Waals surface area contributed by atoms with E-state index in [1.165, 1.54) is 12.1 Å². The fraction of sp³-hybridized carbons (Fsp3) is 0.333. The number of aliphatic carboxylic acids is 1. The van der Waals surface area contributed by atoms with Gasteiger partial charge in [-0.3, -0.25) is 9.59 Å². The highest BCUT2D eigenvalue weighted by atomic mass is 32.2. The van der Waals surface area contributed by atoms with Crippen LogP contribution in [0.25, 0.3) is 0 Å². The van der Waals surface area contributed by atoms with E-state index in [4.69, 9.17) is 0 Å². The molecule has 1 unspecified atom stereocenters. The van der Waals surface area contributed by atoms with Crippen molar-refractivity contribution < 1.29 is 27.5 Å². The van der Waals surface area contributed by atoms with E-state index in [0.29, 0.717) is 48.9 Å². The summed E-state index contributed by atoms with van der Waals surface area (Å²) in [4.78, 5) is 36.9. The third kappa shape index (κ3) is 6.54. The van der Waals surface area contributed by atoms with Crippen molar-refractivity contribution in [1.29, 1.82) is 0 Å². The molecule has 0 saturated carbocycles. The molecule has 212 valence electrons. The highest BCUT2D eigenvalue weighted by Gasteiger charge is 2.29. The zero-order valence-electron chi connectivity index (χ0n) is 22.4.